The first-order valence-corrected chi connectivity index (χ1v) is 5.63. The third kappa shape index (κ3) is 2.34. The third-order valence-corrected chi connectivity index (χ3v) is 3.04. The van der Waals surface area contributed by atoms with Crippen LogP contribution in [0, 0.1) is 6.92 Å². The molecule has 5 heteroatoms. The zero-order chi connectivity index (χ0) is 12.4. The predicted octanol–water partition coefficient (Wildman–Crippen LogP) is 0.661. The summed E-state index contributed by atoms with van der Waals surface area (Å²) in [6, 6.07) is 5.75. The molecule has 1 aromatic carbocycles. The largest absolute Gasteiger partial charge is 0.409 e. The number of β-amino-alcohol motifs (C(OH)–C–C–N with tert-alkyl or cyclic N) is 1. The number of anilines is 1. The van der Waals surface area contributed by atoms with Crippen LogP contribution in [0.3, 0.4) is 0 Å². The monoisotopic (exact) mass is 235 g/mol. The van der Waals surface area contributed by atoms with Gasteiger partial charge in [0.1, 0.15) is 0 Å². The van der Waals surface area contributed by atoms with Crippen molar-refractivity contribution in [2.75, 3.05) is 18.0 Å². The molecule has 1 heterocycles. The van der Waals surface area contributed by atoms with E-state index in [2.05, 4.69) is 10.1 Å². The third-order valence-electron chi connectivity index (χ3n) is 3.04. The fourth-order valence-corrected chi connectivity index (χ4v) is 2.13. The number of aryl methyl sites for hydroxylation is 1. The van der Waals surface area contributed by atoms with E-state index in [0.717, 1.165) is 24.2 Å². The zero-order valence-corrected chi connectivity index (χ0v) is 9.80. The van der Waals surface area contributed by atoms with Gasteiger partial charge in [-0.1, -0.05) is 11.2 Å². The molecule has 0 saturated carbocycles. The minimum absolute atomic E-state index is 0.0985. The maximum absolute atomic E-state index is 9.56. The van der Waals surface area contributed by atoms with Crippen LogP contribution in [0.25, 0.3) is 0 Å². The SMILES string of the molecule is Cc1ccc(C(N)=NO)c(N2CCC(O)C2)c1. The summed E-state index contributed by atoms with van der Waals surface area (Å²) < 4.78 is 0. The van der Waals surface area contributed by atoms with Crippen LogP contribution < -0.4 is 10.6 Å². The second-order valence-corrected chi connectivity index (χ2v) is 4.39. The van der Waals surface area contributed by atoms with Gasteiger partial charge in [0, 0.05) is 24.3 Å². The number of hydrogen-bond donors (Lipinski definition) is 3. The molecule has 0 amide bonds. The van der Waals surface area contributed by atoms with Crippen molar-refractivity contribution in [3.8, 4) is 0 Å². The Morgan fingerprint density at radius 1 is 1.53 bits per heavy atom. The van der Waals surface area contributed by atoms with Crippen LogP contribution in [0.1, 0.15) is 17.5 Å². The molecule has 0 spiro atoms. The minimum atomic E-state index is -0.296. The first kappa shape index (κ1) is 11.7. The second-order valence-electron chi connectivity index (χ2n) is 4.39. The van der Waals surface area contributed by atoms with Crippen LogP contribution in [0.2, 0.25) is 0 Å². The summed E-state index contributed by atoms with van der Waals surface area (Å²) in [6.07, 6.45) is 0.458. The van der Waals surface area contributed by atoms with E-state index in [1.54, 1.807) is 0 Å². The molecule has 5 nitrogen and oxygen atoms in total. The standard InChI is InChI=1S/C12H17N3O2/c1-8-2-3-10(12(13)14-17)11(6-8)15-5-4-9(16)7-15/h2-3,6,9,16-17H,4-5,7H2,1H3,(H2,13,14). The average Bonchev–Trinajstić information content (AvgIpc) is 2.75. The van der Waals surface area contributed by atoms with Crippen molar-refractivity contribution >= 4 is 11.5 Å². The summed E-state index contributed by atoms with van der Waals surface area (Å²) in [6.45, 7) is 3.37. The summed E-state index contributed by atoms with van der Waals surface area (Å²) >= 11 is 0. The highest BCUT2D eigenvalue weighted by atomic mass is 16.4. The fourth-order valence-electron chi connectivity index (χ4n) is 2.13. The molecule has 1 aliphatic heterocycles. The van der Waals surface area contributed by atoms with E-state index in [1.165, 1.54) is 0 Å². The van der Waals surface area contributed by atoms with E-state index < -0.39 is 0 Å². The molecule has 17 heavy (non-hydrogen) atoms. The molecule has 0 bridgehead atoms. The van der Waals surface area contributed by atoms with Gasteiger partial charge in [-0.3, -0.25) is 0 Å². The lowest BCUT2D eigenvalue weighted by Crippen LogP contribution is -2.25. The summed E-state index contributed by atoms with van der Waals surface area (Å²) in [7, 11) is 0. The number of aliphatic hydroxyl groups is 1. The fraction of sp³-hybridized carbons (Fsp3) is 0.417. The highest BCUT2D eigenvalue weighted by molar-refractivity contribution is 6.02. The number of hydrogen-bond acceptors (Lipinski definition) is 4. The van der Waals surface area contributed by atoms with Gasteiger partial charge in [0.25, 0.3) is 0 Å². The Hall–Kier alpha value is -1.75. The van der Waals surface area contributed by atoms with Gasteiger partial charge in [-0.25, -0.2) is 0 Å². The lowest BCUT2D eigenvalue weighted by Gasteiger charge is -2.21. The highest BCUT2D eigenvalue weighted by Gasteiger charge is 2.23. The van der Waals surface area contributed by atoms with Crippen LogP contribution in [0.15, 0.2) is 23.4 Å². The summed E-state index contributed by atoms with van der Waals surface area (Å²) in [5.41, 5.74) is 8.38. The molecule has 1 unspecified atom stereocenters. The topological polar surface area (TPSA) is 82.1 Å². The number of rotatable bonds is 2. The predicted molar refractivity (Wildman–Crippen MR) is 66.5 cm³/mol. The summed E-state index contributed by atoms with van der Waals surface area (Å²) in [5, 5.41) is 21.4. The molecule has 1 atom stereocenters. The van der Waals surface area contributed by atoms with Crippen molar-refractivity contribution in [3.63, 3.8) is 0 Å². The molecular formula is C12H17N3O2. The van der Waals surface area contributed by atoms with Gasteiger partial charge >= 0.3 is 0 Å². The number of nitrogens with two attached hydrogens (primary N) is 1. The first-order chi connectivity index (χ1) is 8.11. The van der Waals surface area contributed by atoms with Gasteiger partial charge in [-0.15, -0.1) is 0 Å². The quantitative estimate of drug-likeness (QED) is 0.304. The molecule has 0 aromatic heterocycles. The van der Waals surface area contributed by atoms with Crippen molar-refractivity contribution in [2.45, 2.75) is 19.4 Å². The van der Waals surface area contributed by atoms with E-state index in [-0.39, 0.29) is 11.9 Å². The molecule has 1 aliphatic rings. The van der Waals surface area contributed by atoms with E-state index in [1.807, 2.05) is 25.1 Å². The normalized spacial score (nSPS) is 20.9. The highest BCUT2D eigenvalue weighted by Crippen LogP contribution is 2.26. The van der Waals surface area contributed by atoms with E-state index in [4.69, 9.17) is 10.9 Å². The molecule has 4 N–H and O–H groups in total. The molecule has 0 aliphatic carbocycles. The number of oxime groups is 1. The summed E-state index contributed by atoms with van der Waals surface area (Å²) in [5.74, 6) is 0.0985. The maximum Gasteiger partial charge on any atom is 0.172 e. The second kappa shape index (κ2) is 4.63. The molecule has 2 rings (SSSR count). The van der Waals surface area contributed by atoms with Crippen molar-refractivity contribution in [1.29, 1.82) is 0 Å². The molecule has 92 valence electrons. The van der Waals surface area contributed by atoms with E-state index in [9.17, 15) is 5.11 Å². The van der Waals surface area contributed by atoms with E-state index in [0.29, 0.717) is 12.1 Å². The molecule has 0 radical (unpaired) electrons. The number of aliphatic hydroxyl groups excluding tert-OH is 1. The van der Waals surface area contributed by atoms with Crippen molar-refractivity contribution in [3.05, 3.63) is 29.3 Å². The van der Waals surface area contributed by atoms with Gasteiger partial charge in [-0.2, -0.15) is 0 Å². The molecule has 1 saturated heterocycles. The van der Waals surface area contributed by atoms with Gasteiger partial charge in [0.15, 0.2) is 5.84 Å². The Morgan fingerprint density at radius 2 is 2.29 bits per heavy atom. The van der Waals surface area contributed by atoms with Gasteiger partial charge in [-0.05, 0) is 31.0 Å². The average molecular weight is 235 g/mol. The lowest BCUT2D eigenvalue weighted by atomic mass is 10.1. The van der Waals surface area contributed by atoms with Crippen molar-refractivity contribution < 1.29 is 10.3 Å². The minimum Gasteiger partial charge on any atom is -0.409 e. The lowest BCUT2D eigenvalue weighted by molar-refractivity contribution is 0.198. The van der Waals surface area contributed by atoms with Gasteiger partial charge < -0.3 is 20.9 Å². The van der Waals surface area contributed by atoms with E-state index >= 15 is 0 Å². The van der Waals surface area contributed by atoms with Crippen molar-refractivity contribution in [2.24, 2.45) is 10.9 Å². The first-order valence-electron chi connectivity index (χ1n) is 5.63. The molecular weight excluding hydrogens is 218 g/mol. The van der Waals surface area contributed by atoms with Crippen LogP contribution in [0.4, 0.5) is 5.69 Å². The molecule has 1 fully saturated rings. The zero-order valence-electron chi connectivity index (χ0n) is 9.80. The summed E-state index contributed by atoms with van der Waals surface area (Å²) in [4.78, 5) is 2.06. The van der Waals surface area contributed by atoms with Gasteiger partial charge in [0.05, 0.1) is 6.10 Å². The Balaban J connectivity index is 2.40. The Bertz CT molecular complexity index is 445. The van der Waals surface area contributed by atoms with Crippen LogP contribution >= 0.6 is 0 Å². The van der Waals surface area contributed by atoms with Crippen LogP contribution in [-0.4, -0.2) is 35.3 Å². The Labute approximate surface area is 100 Å². The van der Waals surface area contributed by atoms with Gasteiger partial charge in [0.2, 0.25) is 0 Å². The Morgan fingerprint density at radius 3 is 2.88 bits per heavy atom. The maximum atomic E-state index is 9.56. The van der Waals surface area contributed by atoms with Crippen molar-refractivity contribution in [1.82, 2.24) is 0 Å². The Kier molecular flexibility index (Phi) is 3.19. The van der Waals surface area contributed by atoms with Crippen LogP contribution in [-0.2, 0) is 0 Å². The molecule has 1 aromatic rings. The number of benzene rings is 1. The number of nitrogens with zero attached hydrogens (tertiary/aromatic N) is 2. The van der Waals surface area contributed by atoms with Crippen LogP contribution in [0.5, 0.6) is 0 Å². The number of amidine groups is 1. The smallest absolute Gasteiger partial charge is 0.172 e.